The van der Waals surface area contributed by atoms with Crippen molar-refractivity contribution in [1.82, 2.24) is 15.0 Å². The molecule has 188 valence electrons. The fourth-order valence-corrected chi connectivity index (χ4v) is 3.36. The molecule has 1 aliphatic heterocycles. The van der Waals surface area contributed by atoms with Crippen LogP contribution >= 0.6 is 0 Å². The molecule has 1 aliphatic rings. The second-order valence-corrected chi connectivity index (χ2v) is 7.47. The van der Waals surface area contributed by atoms with Gasteiger partial charge in [0.2, 0.25) is 5.82 Å². The van der Waals surface area contributed by atoms with E-state index in [0.717, 1.165) is 41.7 Å². The molecule has 0 saturated heterocycles. The van der Waals surface area contributed by atoms with E-state index < -0.39 is 41.9 Å². The summed E-state index contributed by atoms with van der Waals surface area (Å²) in [5.74, 6) is -3.09. The molecule has 0 spiro atoms. The van der Waals surface area contributed by atoms with Crippen LogP contribution in [0.4, 0.5) is 41.2 Å². The summed E-state index contributed by atoms with van der Waals surface area (Å²) in [7, 11) is 0. The number of nitrogens with one attached hydrogen (secondary N) is 1. The summed E-state index contributed by atoms with van der Waals surface area (Å²) in [4.78, 5) is 19.5. The fraction of sp³-hybridized carbons (Fsp3) is 0.182. The molecule has 1 aromatic heterocycles. The molecule has 7 nitrogen and oxygen atoms in total. The topological polar surface area (TPSA) is 79.7 Å². The van der Waals surface area contributed by atoms with Gasteiger partial charge in [0, 0.05) is 18.1 Å². The summed E-state index contributed by atoms with van der Waals surface area (Å²) in [6.07, 6.45) is -7.67. The third-order valence-corrected chi connectivity index (χ3v) is 4.96. The number of hydrogen-bond acceptors (Lipinski definition) is 5. The number of ether oxygens (including phenoxy) is 1. The number of rotatable bonds is 4. The molecule has 0 saturated carbocycles. The van der Waals surface area contributed by atoms with Crippen LogP contribution in [-0.4, -0.2) is 39.6 Å². The monoisotopic (exact) mass is 513 g/mol. The number of urea groups is 1. The smallest absolute Gasteiger partial charge is 0.406 e. The maximum Gasteiger partial charge on any atom is 0.573 e. The van der Waals surface area contributed by atoms with E-state index in [1.807, 2.05) is 0 Å². The Balaban J connectivity index is 1.56. The summed E-state index contributed by atoms with van der Waals surface area (Å²) in [6.45, 7) is -0.122. The van der Waals surface area contributed by atoms with Gasteiger partial charge in [-0.1, -0.05) is 12.1 Å². The van der Waals surface area contributed by atoms with Crippen molar-refractivity contribution in [3.05, 3.63) is 83.7 Å². The zero-order valence-electron chi connectivity index (χ0n) is 17.8. The van der Waals surface area contributed by atoms with Gasteiger partial charge in [-0.3, -0.25) is 0 Å². The number of carbonyl (C=O) groups is 1. The van der Waals surface area contributed by atoms with Crippen LogP contribution in [0.1, 0.15) is 22.9 Å². The molecule has 0 fully saturated rings. The highest BCUT2D eigenvalue weighted by Gasteiger charge is 2.37. The molecule has 4 rings (SSSR count). The van der Waals surface area contributed by atoms with Crippen molar-refractivity contribution in [1.29, 1.82) is 0 Å². The van der Waals surface area contributed by atoms with Gasteiger partial charge in [0.25, 0.3) is 0 Å². The quantitative estimate of drug-likeness (QED) is 0.463. The Hall–Kier alpha value is -4.23. The highest BCUT2D eigenvalue weighted by atomic mass is 19.4. The first-order chi connectivity index (χ1) is 16.9. The van der Waals surface area contributed by atoms with Gasteiger partial charge in [0.1, 0.15) is 11.6 Å². The second kappa shape index (κ2) is 9.43. The minimum Gasteiger partial charge on any atom is -0.406 e. The zero-order chi connectivity index (χ0) is 26.1. The average Bonchev–Trinajstić information content (AvgIpc) is 3.25. The SMILES string of the molecule is O=C(Nc1ccc(OC(F)(F)F)cc1)N1CC(c2cnc(C(F)(F)F)nc2)C(c2ccc(F)cc2)=N1. The predicted molar refractivity (Wildman–Crippen MR) is 112 cm³/mol. The molecule has 2 heterocycles. The van der Waals surface area contributed by atoms with Gasteiger partial charge in [-0.05, 0) is 47.5 Å². The minimum atomic E-state index is -4.87. The Labute approximate surface area is 198 Å². The summed E-state index contributed by atoms with van der Waals surface area (Å²) >= 11 is 0. The van der Waals surface area contributed by atoms with E-state index >= 15 is 0 Å². The zero-order valence-corrected chi connectivity index (χ0v) is 17.8. The van der Waals surface area contributed by atoms with Crippen LogP contribution in [0.2, 0.25) is 0 Å². The normalized spacial score (nSPS) is 16.0. The van der Waals surface area contributed by atoms with Gasteiger partial charge >= 0.3 is 18.6 Å². The molecule has 3 aromatic rings. The van der Waals surface area contributed by atoms with Crippen LogP contribution in [0.3, 0.4) is 0 Å². The third kappa shape index (κ3) is 5.87. The first kappa shape index (κ1) is 24.9. The lowest BCUT2D eigenvalue weighted by Gasteiger charge is -2.16. The standard InChI is InChI=1S/C22H14F7N5O2/c23-14-3-1-12(2-4-14)18-17(13-9-30-19(31-10-13)21(24,25)26)11-34(33-18)20(35)32-15-5-7-16(8-6-15)36-22(27,28)29/h1-10,17H,11H2,(H,32,35). The molecule has 0 radical (unpaired) electrons. The first-order valence-corrected chi connectivity index (χ1v) is 10.1. The molecule has 0 aliphatic carbocycles. The van der Waals surface area contributed by atoms with Gasteiger partial charge < -0.3 is 10.1 Å². The van der Waals surface area contributed by atoms with Gasteiger partial charge in [0.15, 0.2) is 0 Å². The number of hydrogen-bond donors (Lipinski definition) is 1. The van der Waals surface area contributed by atoms with Crippen molar-refractivity contribution in [2.24, 2.45) is 5.10 Å². The van der Waals surface area contributed by atoms with Crippen molar-refractivity contribution < 1.29 is 40.3 Å². The van der Waals surface area contributed by atoms with Crippen LogP contribution in [0.15, 0.2) is 66.0 Å². The van der Waals surface area contributed by atoms with E-state index in [4.69, 9.17) is 0 Å². The largest absolute Gasteiger partial charge is 0.573 e. The lowest BCUT2D eigenvalue weighted by Crippen LogP contribution is -2.30. The van der Waals surface area contributed by atoms with Crippen LogP contribution < -0.4 is 10.1 Å². The first-order valence-electron chi connectivity index (χ1n) is 10.1. The molecule has 2 aromatic carbocycles. The summed E-state index contributed by atoms with van der Waals surface area (Å²) in [5, 5.41) is 7.69. The molecule has 14 heteroatoms. The lowest BCUT2D eigenvalue weighted by atomic mass is 9.92. The van der Waals surface area contributed by atoms with Crippen LogP contribution in [0.25, 0.3) is 0 Å². The number of alkyl halides is 6. The number of amides is 2. The van der Waals surface area contributed by atoms with Gasteiger partial charge in [-0.25, -0.2) is 24.2 Å². The minimum absolute atomic E-state index is 0.122. The maximum atomic E-state index is 13.4. The number of nitrogens with zero attached hydrogens (tertiary/aromatic N) is 4. The molecule has 1 N–H and O–H groups in total. The van der Waals surface area contributed by atoms with Crippen LogP contribution in [0, 0.1) is 5.82 Å². The number of hydrazone groups is 1. The summed E-state index contributed by atoms with van der Waals surface area (Å²) < 4.78 is 92.7. The number of carbonyl (C=O) groups excluding carboxylic acids is 1. The Morgan fingerprint density at radius 1 is 0.944 bits per heavy atom. The number of halogens is 7. The third-order valence-electron chi connectivity index (χ3n) is 4.96. The Morgan fingerprint density at radius 2 is 1.56 bits per heavy atom. The number of benzene rings is 2. The molecule has 0 bridgehead atoms. The summed E-state index contributed by atoms with van der Waals surface area (Å²) in [5.41, 5.74) is 1.03. The van der Waals surface area contributed by atoms with E-state index in [2.05, 4.69) is 25.1 Å². The second-order valence-electron chi connectivity index (χ2n) is 7.47. The van der Waals surface area contributed by atoms with Crippen molar-refractivity contribution in [2.45, 2.75) is 18.5 Å². The van der Waals surface area contributed by atoms with Gasteiger partial charge in [-0.2, -0.15) is 18.3 Å². The summed E-state index contributed by atoms with van der Waals surface area (Å²) in [6, 6.07) is 8.71. The fourth-order valence-electron chi connectivity index (χ4n) is 3.36. The maximum absolute atomic E-state index is 13.4. The van der Waals surface area contributed by atoms with Crippen LogP contribution in [0.5, 0.6) is 5.75 Å². The molecular formula is C22H14F7N5O2. The molecule has 1 unspecified atom stereocenters. The van der Waals surface area contributed by atoms with E-state index in [0.29, 0.717) is 5.56 Å². The molecular weight excluding hydrogens is 499 g/mol. The number of aromatic nitrogens is 2. The van der Waals surface area contributed by atoms with Gasteiger partial charge in [-0.15, -0.1) is 13.2 Å². The van der Waals surface area contributed by atoms with Crippen molar-refractivity contribution in [3.8, 4) is 5.75 Å². The Morgan fingerprint density at radius 3 is 2.11 bits per heavy atom. The lowest BCUT2D eigenvalue weighted by molar-refractivity contribution is -0.274. The Bertz CT molecular complexity index is 1260. The van der Waals surface area contributed by atoms with E-state index in [1.54, 1.807) is 0 Å². The van der Waals surface area contributed by atoms with Crippen molar-refractivity contribution >= 4 is 17.4 Å². The average molecular weight is 513 g/mol. The van der Waals surface area contributed by atoms with Crippen LogP contribution in [-0.2, 0) is 6.18 Å². The molecule has 36 heavy (non-hydrogen) atoms. The van der Waals surface area contributed by atoms with Crippen molar-refractivity contribution in [3.63, 3.8) is 0 Å². The predicted octanol–water partition coefficient (Wildman–Crippen LogP) is 5.57. The number of anilines is 1. The highest BCUT2D eigenvalue weighted by Crippen LogP contribution is 2.31. The van der Waals surface area contributed by atoms with Gasteiger partial charge in [0.05, 0.1) is 18.2 Å². The highest BCUT2D eigenvalue weighted by molar-refractivity contribution is 6.07. The van der Waals surface area contributed by atoms with E-state index in [1.165, 1.54) is 24.3 Å². The molecule has 1 atom stereocenters. The Kier molecular flexibility index (Phi) is 6.52. The van der Waals surface area contributed by atoms with Crippen molar-refractivity contribution in [2.75, 3.05) is 11.9 Å². The molecule has 2 amide bonds. The van der Waals surface area contributed by atoms with E-state index in [9.17, 15) is 35.5 Å². The van der Waals surface area contributed by atoms with E-state index in [-0.39, 0.29) is 23.5 Å².